The normalized spacial score (nSPS) is 12.2. The second kappa shape index (κ2) is 5.66. The summed E-state index contributed by atoms with van der Waals surface area (Å²) in [5, 5.41) is 2.93. The molecule has 0 fully saturated rings. The van der Waals surface area contributed by atoms with Crippen molar-refractivity contribution in [3.05, 3.63) is 34.9 Å². The van der Waals surface area contributed by atoms with Crippen LogP contribution in [0.5, 0.6) is 0 Å². The monoisotopic (exact) mass is 220 g/mol. The molecule has 0 saturated heterocycles. The zero-order valence-electron chi connectivity index (χ0n) is 10.2. The Balaban J connectivity index is 2.72. The lowest BCUT2D eigenvalue weighted by atomic mass is 10.1. The highest BCUT2D eigenvalue weighted by atomic mass is 16.1. The minimum absolute atomic E-state index is 0.0206. The van der Waals surface area contributed by atoms with Crippen LogP contribution < -0.4 is 11.1 Å². The maximum Gasteiger partial charge on any atom is 0.251 e. The van der Waals surface area contributed by atoms with Crippen molar-refractivity contribution in [2.24, 2.45) is 5.73 Å². The van der Waals surface area contributed by atoms with Crippen LogP contribution in [-0.2, 0) is 0 Å². The molecule has 16 heavy (non-hydrogen) atoms. The number of nitrogens with two attached hydrogens (primary N) is 1. The Morgan fingerprint density at radius 1 is 1.31 bits per heavy atom. The number of benzene rings is 1. The average molecular weight is 220 g/mol. The van der Waals surface area contributed by atoms with Gasteiger partial charge in [0.25, 0.3) is 5.91 Å². The third-order valence-electron chi connectivity index (χ3n) is 2.46. The van der Waals surface area contributed by atoms with Gasteiger partial charge in [-0.25, -0.2) is 0 Å². The molecule has 3 nitrogen and oxygen atoms in total. The van der Waals surface area contributed by atoms with Gasteiger partial charge in [-0.05, 0) is 45.9 Å². The van der Waals surface area contributed by atoms with Gasteiger partial charge in [0.1, 0.15) is 0 Å². The first-order valence-corrected chi connectivity index (χ1v) is 5.62. The van der Waals surface area contributed by atoms with Gasteiger partial charge in [-0.3, -0.25) is 4.79 Å². The van der Waals surface area contributed by atoms with Crippen LogP contribution in [0.2, 0.25) is 0 Å². The van der Waals surface area contributed by atoms with Crippen LogP contribution >= 0.6 is 0 Å². The SMILES string of the molecule is Cc1cc(C)cc(C(=O)NC(C)CCN)c1. The molecule has 0 aliphatic heterocycles. The molecule has 0 bridgehead atoms. The number of nitrogens with one attached hydrogen (secondary N) is 1. The van der Waals surface area contributed by atoms with E-state index in [1.54, 1.807) is 0 Å². The Hall–Kier alpha value is -1.35. The number of carbonyl (C=O) groups excluding carboxylic acids is 1. The highest BCUT2D eigenvalue weighted by molar-refractivity contribution is 5.94. The van der Waals surface area contributed by atoms with Gasteiger partial charge in [-0.15, -0.1) is 0 Å². The summed E-state index contributed by atoms with van der Waals surface area (Å²) in [6.07, 6.45) is 0.802. The molecular weight excluding hydrogens is 200 g/mol. The third-order valence-corrected chi connectivity index (χ3v) is 2.46. The first-order chi connectivity index (χ1) is 7.52. The number of carbonyl (C=O) groups is 1. The molecule has 0 aliphatic carbocycles. The Morgan fingerprint density at radius 2 is 1.88 bits per heavy atom. The molecule has 1 atom stereocenters. The van der Waals surface area contributed by atoms with Crippen LogP contribution in [0.4, 0.5) is 0 Å². The number of amides is 1. The van der Waals surface area contributed by atoms with E-state index in [-0.39, 0.29) is 11.9 Å². The lowest BCUT2D eigenvalue weighted by Gasteiger charge is -2.13. The number of hydrogen-bond donors (Lipinski definition) is 2. The van der Waals surface area contributed by atoms with Crippen molar-refractivity contribution < 1.29 is 4.79 Å². The third kappa shape index (κ3) is 3.66. The summed E-state index contributed by atoms with van der Waals surface area (Å²) in [4.78, 5) is 11.9. The van der Waals surface area contributed by atoms with Crippen LogP contribution in [0.3, 0.4) is 0 Å². The van der Waals surface area contributed by atoms with Crippen LogP contribution in [-0.4, -0.2) is 18.5 Å². The van der Waals surface area contributed by atoms with Gasteiger partial charge in [0.05, 0.1) is 0 Å². The van der Waals surface area contributed by atoms with Crippen molar-refractivity contribution in [1.29, 1.82) is 0 Å². The van der Waals surface area contributed by atoms with E-state index in [1.807, 2.05) is 32.9 Å². The molecule has 0 radical (unpaired) electrons. The minimum Gasteiger partial charge on any atom is -0.350 e. The van der Waals surface area contributed by atoms with Crippen molar-refractivity contribution >= 4 is 5.91 Å². The van der Waals surface area contributed by atoms with E-state index in [4.69, 9.17) is 5.73 Å². The lowest BCUT2D eigenvalue weighted by Crippen LogP contribution is -2.34. The standard InChI is InChI=1S/C13H20N2O/c1-9-6-10(2)8-12(7-9)13(16)15-11(3)4-5-14/h6-8,11H,4-5,14H2,1-3H3,(H,15,16). The van der Waals surface area contributed by atoms with Gasteiger partial charge < -0.3 is 11.1 Å². The molecule has 0 heterocycles. The molecule has 1 amide bonds. The molecule has 0 aromatic heterocycles. The van der Waals surface area contributed by atoms with Crippen molar-refractivity contribution in [3.63, 3.8) is 0 Å². The Labute approximate surface area is 97.0 Å². The Morgan fingerprint density at radius 3 is 2.38 bits per heavy atom. The predicted molar refractivity (Wildman–Crippen MR) is 66.5 cm³/mol. The fourth-order valence-electron chi connectivity index (χ4n) is 1.74. The summed E-state index contributed by atoms with van der Waals surface area (Å²) in [5.41, 5.74) is 8.38. The zero-order valence-corrected chi connectivity index (χ0v) is 10.2. The van der Waals surface area contributed by atoms with Gasteiger partial charge in [-0.2, -0.15) is 0 Å². The molecule has 0 aliphatic rings. The van der Waals surface area contributed by atoms with E-state index < -0.39 is 0 Å². The number of hydrogen-bond acceptors (Lipinski definition) is 2. The van der Waals surface area contributed by atoms with Gasteiger partial charge in [0.15, 0.2) is 0 Å². The van der Waals surface area contributed by atoms with E-state index in [2.05, 4.69) is 11.4 Å². The first kappa shape index (κ1) is 12.7. The maximum atomic E-state index is 11.9. The Bertz CT molecular complexity index is 354. The Kier molecular flexibility index (Phi) is 4.50. The lowest BCUT2D eigenvalue weighted by molar-refractivity contribution is 0.0938. The summed E-state index contributed by atoms with van der Waals surface area (Å²) >= 11 is 0. The van der Waals surface area contributed by atoms with Gasteiger partial charge >= 0.3 is 0 Å². The summed E-state index contributed by atoms with van der Waals surface area (Å²) in [6.45, 7) is 6.54. The van der Waals surface area contributed by atoms with Gasteiger partial charge in [-0.1, -0.05) is 17.2 Å². The average Bonchev–Trinajstić information content (AvgIpc) is 2.16. The molecule has 1 aromatic carbocycles. The van der Waals surface area contributed by atoms with E-state index in [9.17, 15) is 4.79 Å². The predicted octanol–water partition coefficient (Wildman–Crippen LogP) is 1.77. The molecule has 3 heteroatoms. The van der Waals surface area contributed by atoms with E-state index >= 15 is 0 Å². The fourth-order valence-corrected chi connectivity index (χ4v) is 1.74. The highest BCUT2D eigenvalue weighted by Gasteiger charge is 2.09. The fraction of sp³-hybridized carbons (Fsp3) is 0.462. The highest BCUT2D eigenvalue weighted by Crippen LogP contribution is 2.09. The van der Waals surface area contributed by atoms with E-state index in [1.165, 1.54) is 0 Å². The summed E-state index contributed by atoms with van der Waals surface area (Å²) in [6, 6.07) is 5.98. The number of aryl methyl sites for hydroxylation is 2. The van der Waals surface area contributed by atoms with Crippen molar-refractivity contribution in [3.8, 4) is 0 Å². The number of rotatable bonds is 4. The first-order valence-electron chi connectivity index (χ1n) is 5.62. The molecule has 1 unspecified atom stereocenters. The zero-order chi connectivity index (χ0) is 12.1. The summed E-state index contributed by atoms with van der Waals surface area (Å²) in [7, 11) is 0. The minimum atomic E-state index is -0.0206. The van der Waals surface area contributed by atoms with Crippen molar-refractivity contribution in [2.45, 2.75) is 33.2 Å². The largest absolute Gasteiger partial charge is 0.350 e. The molecule has 0 saturated carbocycles. The van der Waals surface area contributed by atoms with Crippen LogP contribution in [0.15, 0.2) is 18.2 Å². The van der Waals surface area contributed by atoms with E-state index in [0.717, 1.165) is 23.1 Å². The summed E-state index contributed by atoms with van der Waals surface area (Å²) in [5.74, 6) is -0.0206. The molecular formula is C13H20N2O. The van der Waals surface area contributed by atoms with E-state index in [0.29, 0.717) is 6.54 Å². The molecule has 1 rings (SSSR count). The topological polar surface area (TPSA) is 55.1 Å². The van der Waals surface area contributed by atoms with Crippen molar-refractivity contribution in [1.82, 2.24) is 5.32 Å². The quantitative estimate of drug-likeness (QED) is 0.812. The van der Waals surface area contributed by atoms with Crippen LogP contribution in [0.25, 0.3) is 0 Å². The second-order valence-electron chi connectivity index (χ2n) is 4.33. The van der Waals surface area contributed by atoms with Crippen molar-refractivity contribution in [2.75, 3.05) is 6.54 Å². The second-order valence-corrected chi connectivity index (χ2v) is 4.33. The molecule has 3 N–H and O–H groups in total. The van der Waals surface area contributed by atoms with Crippen LogP contribution in [0.1, 0.15) is 34.8 Å². The molecule has 0 spiro atoms. The van der Waals surface area contributed by atoms with Gasteiger partial charge in [0, 0.05) is 11.6 Å². The maximum absolute atomic E-state index is 11.9. The van der Waals surface area contributed by atoms with Gasteiger partial charge in [0.2, 0.25) is 0 Å². The molecule has 1 aromatic rings. The summed E-state index contributed by atoms with van der Waals surface area (Å²) < 4.78 is 0. The van der Waals surface area contributed by atoms with Crippen LogP contribution in [0, 0.1) is 13.8 Å². The molecule has 88 valence electrons. The smallest absolute Gasteiger partial charge is 0.251 e.